The third-order valence-corrected chi connectivity index (χ3v) is 6.07. The van der Waals surface area contributed by atoms with E-state index in [4.69, 9.17) is 28.3 Å². The number of amides is 2. The van der Waals surface area contributed by atoms with Crippen LogP contribution < -0.4 is 10.6 Å². The molecule has 172 valence electrons. The molecule has 1 heterocycles. The van der Waals surface area contributed by atoms with Gasteiger partial charge in [-0.15, -0.1) is 10.2 Å². The van der Waals surface area contributed by atoms with Gasteiger partial charge in [0.25, 0.3) is 5.91 Å². The zero-order valence-corrected chi connectivity index (χ0v) is 19.8. The molecule has 0 unspecified atom stereocenters. The fraction of sp³-hybridized carbons (Fsp3) is 0.190. The number of halogens is 2. The van der Waals surface area contributed by atoms with Crippen molar-refractivity contribution < 1.29 is 19.5 Å². The van der Waals surface area contributed by atoms with Crippen LogP contribution in [0.1, 0.15) is 39.5 Å². The van der Waals surface area contributed by atoms with Crippen LogP contribution in [0.2, 0.25) is 10.0 Å². The number of hydrogen-bond donors (Lipinski definition) is 3. The topological polar surface area (TPSA) is 126 Å². The smallest absolute Gasteiger partial charge is 0.335 e. The number of carboxylic acids is 1. The quantitative estimate of drug-likeness (QED) is 0.392. The average molecular weight is 508 g/mol. The summed E-state index contributed by atoms with van der Waals surface area (Å²) in [6.07, 6.45) is 0. The molecular weight excluding hydrogens is 489 g/mol. The number of benzene rings is 2. The minimum absolute atomic E-state index is 0.0321. The van der Waals surface area contributed by atoms with Crippen LogP contribution in [-0.2, 0) is 11.8 Å². The zero-order valence-electron chi connectivity index (χ0n) is 17.5. The van der Waals surface area contributed by atoms with Gasteiger partial charge in [-0.25, -0.2) is 4.79 Å². The molecule has 3 N–H and O–H groups in total. The normalized spacial score (nSPS) is 11.6. The predicted octanol–water partition coefficient (Wildman–Crippen LogP) is 4.04. The van der Waals surface area contributed by atoms with Crippen molar-refractivity contribution in [3.05, 3.63) is 69.5 Å². The third-order valence-electron chi connectivity index (χ3n) is 4.50. The molecule has 0 aliphatic rings. The van der Waals surface area contributed by atoms with E-state index in [1.165, 1.54) is 24.3 Å². The lowest BCUT2D eigenvalue weighted by Gasteiger charge is -2.14. The van der Waals surface area contributed by atoms with Crippen molar-refractivity contribution in [2.75, 3.05) is 11.1 Å². The highest BCUT2D eigenvalue weighted by molar-refractivity contribution is 7.99. The van der Waals surface area contributed by atoms with Crippen LogP contribution in [0.15, 0.2) is 47.6 Å². The Morgan fingerprint density at radius 1 is 1.15 bits per heavy atom. The Hall–Kier alpha value is -3.08. The van der Waals surface area contributed by atoms with Gasteiger partial charge in [-0.3, -0.25) is 9.59 Å². The summed E-state index contributed by atoms with van der Waals surface area (Å²) in [4.78, 5) is 35.9. The van der Waals surface area contributed by atoms with Gasteiger partial charge >= 0.3 is 5.97 Å². The fourth-order valence-electron chi connectivity index (χ4n) is 2.90. The number of thioether (sulfide) groups is 1. The molecule has 12 heteroatoms. The molecule has 9 nitrogen and oxygen atoms in total. The number of hydrogen-bond acceptors (Lipinski definition) is 6. The monoisotopic (exact) mass is 507 g/mol. The molecule has 0 radical (unpaired) electrons. The van der Waals surface area contributed by atoms with Crippen molar-refractivity contribution in [3.63, 3.8) is 0 Å². The molecule has 3 aromatic rings. The number of aromatic carboxylic acids is 1. The average Bonchev–Trinajstić information content (AvgIpc) is 3.12. The van der Waals surface area contributed by atoms with E-state index in [0.717, 1.165) is 11.8 Å². The number of rotatable bonds is 8. The minimum Gasteiger partial charge on any atom is -0.478 e. The van der Waals surface area contributed by atoms with Gasteiger partial charge in [-0.1, -0.05) is 41.0 Å². The van der Waals surface area contributed by atoms with Crippen LogP contribution >= 0.6 is 35.0 Å². The van der Waals surface area contributed by atoms with Crippen molar-refractivity contribution in [1.82, 2.24) is 20.1 Å². The molecule has 0 aliphatic carbocycles. The van der Waals surface area contributed by atoms with Crippen molar-refractivity contribution in [2.24, 2.45) is 7.05 Å². The summed E-state index contributed by atoms with van der Waals surface area (Å²) >= 11 is 13.1. The molecule has 2 amide bonds. The lowest BCUT2D eigenvalue weighted by Crippen LogP contribution is -2.28. The number of anilines is 1. The van der Waals surface area contributed by atoms with Crippen molar-refractivity contribution in [2.45, 2.75) is 18.1 Å². The summed E-state index contributed by atoms with van der Waals surface area (Å²) in [7, 11) is 1.73. The number of carboxylic acid groups (broad SMARTS) is 1. The van der Waals surface area contributed by atoms with Gasteiger partial charge in [0.05, 0.1) is 27.9 Å². The summed E-state index contributed by atoms with van der Waals surface area (Å²) in [5.41, 5.74) is 0.749. The molecule has 33 heavy (non-hydrogen) atoms. The second-order valence-electron chi connectivity index (χ2n) is 6.94. The molecular formula is C21H19Cl2N5O4S. The fourth-order valence-corrected chi connectivity index (χ4v) is 4.11. The largest absolute Gasteiger partial charge is 0.478 e. The van der Waals surface area contributed by atoms with Crippen LogP contribution in [-0.4, -0.2) is 43.4 Å². The van der Waals surface area contributed by atoms with Gasteiger partial charge in [-0.05, 0) is 43.3 Å². The van der Waals surface area contributed by atoms with E-state index in [2.05, 4.69) is 20.8 Å². The maximum atomic E-state index is 12.5. The molecule has 0 saturated heterocycles. The first-order valence-corrected chi connectivity index (χ1v) is 11.3. The second kappa shape index (κ2) is 10.7. The Morgan fingerprint density at radius 3 is 2.61 bits per heavy atom. The number of carbonyl (C=O) groups excluding carboxylic acids is 2. The Morgan fingerprint density at radius 2 is 1.91 bits per heavy atom. The van der Waals surface area contributed by atoms with E-state index < -0.39 is 12.0 Å². The molecule has 0 bridgehead atoms. The Balaban J connectivity index is 1.59. The second-order valence-corrected chi connectivity index (χ2v) is 8.73. The third kappa shape index (κ3) is 6.25. The molecule has 2 aromatic carbocycles. The van der Waals surface area contributed by atoms with Gasteiger partial charge in [0.2, 0.25) is 5.91 Å². The number of nitrogens with zero attached hydrogens (tertiary/aromatic N) is 3. The van der Waals surface area contributed by atoms with Gasteiger partial charge in [0.1, 0.15) is 0 Å². The Kier molecular flexibility index (Phi) is 7.96. The highest BCUT2D eigenvalue weighted by Crippen LogP contribution is 2.23. The summed E-state index contributed by atoms with van der Waals surface area (Å²) in [6, 6.07) is 10.1. The highest BCUT2D eigenvalue weighted by atomic mass is 35.5. The lowest BCUT2D eigenvalue weighted by atomic mass is 10.2. The van der Waals surface area contributed by atoms with E-state index in [-0.39, 0.29) is 33.7 Å². The molecule has 0 fully saturated rings. The summed E-state index contributed by atoms with van der Waals surface area (Å²) in [6.45, 7) is 1.75. The number of nitrogens with one attached hydrogen (secondary N) is 2. The number of carbonyl (C=O) groups is 3. The summed E-state index contributed by atoms with van der Waals surface area (Å²) < 4.78 is 1.68. The molecule has 3 rings (SSSR count). The first-order valence-electron chi connectivity index (χ1n) is 9.57. The van der Waals surface area contributed by atoms with Gasteiger partial charge < -0.3 is 20.3 Å². The van der Waals surface area contributed by atoms with Gasteiger partial charge in [-0.2, -0.15) is 0 Å². The Labute approximate surface area is 203 Å². The van der Waals surface area contributed by atoms with Crippen molar-refractivity contribution in [3.8, 4) is 0 Å². The zero-order chi connectivity index (χ0) is 24.1. The van der Waals surface area contributed by atoms with Crippen LogP contribution in [0, 0.1) is 0 Å². The lowest BCUT2D eigenvalue weighted by molar-refractivity contribution is -0.113. The summed E-state index contributed by atoms with van der Waals surface area (Å²) in [5.74, 6) is -1.27. The molecule has 0 spiro atoms. The van der Waals surface area contributed by atoms with E-state index in [1.54, 1.807) is 36.7 Å². The van der Waals surface area contributed by atoms with E-state index in [9.17, 15) is 14.4 Å². The molecule has 0 saturated carbocycles. The SMILES string of the molecule is C[C@@H](NC(=O)c1ccc(Cl)cc1Cl)c1nnc(SCC(=O)Nc2cccc(C(=O)O)c2)n1C. The summed E-state index contributed by atoms with van der Waals surface area (Å²) in [5, 5.41) is 23.9. The van der Waals surface area contributed by atoms with Gasteiger partial charge in [0, 0.05) is 17.8 Å². The van der Waals surface area contributed by atoms with Crippen molar-refractivity contribution in [1.29, 1.82) is 0 Å². The van der Waals surface area contributed by atoms with Crippen LogP contribution in [0.25, 0.3) is 0 Å². The van der Waals surface area contributed by atoms with Crippen LogP contribution in [0.5, 0.6) is 0 Å². The standard InChI is InChI=1S/C21H19Cl2N5O4S/c1-11(24-19(30)15-7-6-13(22)9-16(15)23)18-26-27-21(28(18)2)33-10-17(29)25-14-5-3-4-12(8-14)20(31)32/h3-9,11H,10H2,1-2H3,(H,24,30)(H,25,29)(H,31,32)/t11-/m1/s1. The maximum absolute atomic E-state index is 12.5. The molecule has 1 atom stereocenters. The van der Waals surface area contributed by atoms with Gasteiger partial charge in [0.15, 0.2) is 11.0 Å². The highest BCUT2D eigenvalue weighted by Gasteiger charge is 2.20. The maximum Gasteiger partial charge on any atom is 0.335 e. The van der Waals surface area contributed by atoms with E-state index >= 15 is 0 Å². The van der Waals surface area contributed by atoms with E-state index in [1.807, 2.05) is 0 Å². The predicted molar refractivity (Wildman–Crippen MR) is 126 cm³/mol. The van der Waals surface area contributed by atoms with Crippen LogP contribution in [0.4, 0.5) is 5.69 Å². The van der Waals surface area contributed by atoms with Crippen molar-refractivity contribution >= 4 is 58.4 Å². The molecule has 1 aromatic heterocycles. The minimum atomic E-state index is -1.08. The van der Waals surface area contributed by atoms with Crippen LogP contribution in [0.3, 0.4) is 0 Å². The first kappa shape index (κ1) is 24.6. The first-order chi connectivity index (χ1) is 15.7. The number of aromatic nitrogens is 3. The van der Waals surface area contributed by atoms with E-state index in [0.29, 0.717) is 21.7 Å². The Bertz CT molecular complexity index is 1220. The molecule has 0 aliphatic heterocycles.